The molecule has 1 saturated heterocycles. The average Bonchev–Trinajstić information content (AvgIpc) is 2.71. The summed E-state index contributed by atoms with van der Waals surface area (Å²) >= 11 is 0. The second-order valence-corrected chi connectivity index (χ2v) is 9.53. The van der Waals surface area contributed by atoms with Gasteiger partial charge in [0.05, 0.1) is 11.4 Å². The van der Waals surface area contributed by atoms with Crippen LogP contribution in [0.2, 0.25) is 0 Å². The number of hydrogen-bond donors (Lipinski definition) is 1. The highest BCUT2D eigenvalue weighted by Gasteiger charge is 2.31. The van der Waals surface area contributed by atoms with Crippen LogP contribution in [0.4, 0.5) is 4.39 Å². The molecule has 0 spiro atoms. The minimum absolute atomic E-state index is 0.0651. The fourth-order valence-electron chi connectivity index (χ4n) is 3.62. The molecule has 1 fully saturated rings. The van der Waals surface area contributed by atoms with E-state index >= 15 is 0 Å². The van der Waals surface area contributed by atoms with Crippen molar-refractivity contribution < 1.29 is 22.3 Å². The van der Waals surface area contributed by atoms with Crippen LogP contribution < -0.4 is 10.1 Å². The second-order valence-electron chi connectivity index (χ2n) is 7.60. The maximum Gasteiger partial charge on any atom is 0.243 e. The van der Waals surface area contributed by atoms with Crippen LogP contribution >= 0.6 is 0 Å². The van der Waals surface area contributed by atoms with E-state index < -0.39 is 15.8 Å². The zero-order valence-electron chi connectivity index (χ0n) is 17.2. The molecule has 1 N–H and O–H groups in total. The number of aryl methyl sites for hydroxylation is 2. The molecular formula is C22H27FN2O4S. The summed E-state index contributed by atoms with van der Waals surface area (Å²) in [6.45, 7) is 5.29. The molecule has 1 aliphatic heterocycles. The molecule has 3 rings (SSSR count). The molecule has 0 atom stereocenters. The standard InChI is InChI=1S/C22H27FN2O4S/c1-16-13-17(2)15-20(14-16)29-12-9-24-22(26)18-7-10-25(11-8-18)30(27,28)21-5-3-19(23)4-6-21/h3-6,13-15,18H,7-12H2,1-2H3,(H,24,26). The molecule has 0 unspecified atom stereocenters. The summed E-state index contributed by atoms with van der Waals surface area (Å²) in [5.74, 6) is -0.0179. The van der Waals surface area contributed by atoms with Crippen molar-refractivity contribution in [2.45, 2.75) is 31.6 Å². The first-order valence-corrected chi connectivity index (χ1v) is 11.4. The molecule has 8 heteroatoms. The van der Waals surface area contributed by atoms with Gasteiger partial charge in [-0.1, -0.05) is 6.07 Å². The molecule has 30 heavy (non-hydrogen) atoms. The lowest BCUT2D eigenvalue weighted by atomic mass is 9.97. The number of rotatable bonds is 7. The number of hydrogen-bond acceptors (Lipinski definition) is 4. The van der Waals surface area contributed by atoms with Crippen LogP contribution in [0.3, 0.4) is 0 Å². The smallest absolute Gasteiger partial charge is 0.243 e. The van der Waals surface area contributed by atoms with E-state index in [2.05, 4.69) is 11.4 Å². The first-order valence-electron chi connectivity index (χ1n) is 10.0. The molecule has 162 valence electrons. The van der Waals surface area contributed by atoms with Gasteiger partial charge in [0, 0.05) is 19.0 Å². The number of ether oxygens (including phenoxy) is 1. The quantitative estimate of drug-likeness (QED) is 0.680. The van der Waals surface area contributed by atoms with Gasteiger partial charge in [-0.2, -0.15) is 4.31 Å². The Morgan fingerprint density at radius 2 is 1.70 bits per heavy atom. The van der Waals surface area contributed by atoms with E-state index in [9.17, 15) is 17.6 Å². The summed E-state index contributed by atoms with van der Waals surface area (Å²) in [6, 6.07) is 10.8. The molecule has 0 aromatic heterocycles. The van der Waals surface area contributed by atoms with E-state index in [1.54, 1.807) is 0 Å². The molecule has 1 amide bonds. The Balaban J connectivity index is 1.44. The normalized spacial score (nSPS) is 15.7. The summed E-state index contributed by atoms with van der Waals surface area (Å²) in [5, 5.41) is 2.87. The number of piperidine rings is 1. The maximum absolute atomic E-state index is 13.1. The number of benzene rings is 2. The first-order chi connectivity index (χ1) is 14.3. The fourth-order valence-corrected chi connectivity index (χ4v) is 5.09. The van der Waals surface area contributed by atoms with Gasteiger partial charge in [0.15, 0.2) is 0 Å². The highest BCUT2D eigenvalue weighted by Crippen LogP contribution is 2.24. The number of sulfonamides is 1. The molecule has 0 radical (unpaired) electrons. The summed E-state index contributed by atoms with van der Waals surface area (Å²) in [7, 11) is -3.67. The number of carbonyl (C=O) groups excluding carboxylic acids is 1. The van der Waals surface area contributed by atoms with E-state index in [0.29, 0.717) is 26.0 Å². The van der Waals surface area contributed by atoms with Gasteiger partial charge in [-0.05, 0) is 74.2 Å². The van der Waals surface area contributed by atoms with Crippen molar-refractivity contribution in [3.8, 4) is 5.75 Å². The monoisotopic (exact) mass is 434 g/mol. The van der Waals surface area contributed by atoms with Crippen molar-refractivity contribution in [3.05, 3.63) is 59.4 Å². The van der Waals surface area contributed by atoms with Gasteiger partial charge in [-0.25, -0.2) is 12.8 Å². The van der Waals surface area contributed by atoms with Crippen LogP contribution in [-0.4, -0.2) is 44.9 Å². The van der Waals surface area contributed by atoms with Crippen molar-refractivity contribution >= 4 is 15.9 Å². The van der Waals surface area contributed by atoms with E-state index in [4.69, 9.17) is 4.74 Å². The largest absolute Gasteiger partial charge is 0.492 e. The molecule has 6 nitrogen and oxygen atoms in total. The molecule has 1 aliphatic rings. The Hall–Kier alpha value is -2.45. The lowest BCUT2D eigenvalue weighted by Crippen LogP contribution is -2.43. The summed E-state index contributed by atoms with van der Waals surface area (Å²) < 4.78 is 45.4. The Labute approximate surface area is 177 Å². The van der Waals surface area contributed by atoms with Crippen molar-refractivity contribution in [2.24, 2.45) is 5.92 Å². The number of carbonyl (C=O) groups is 1. The number of nitrogens with one attached hydrogen (secondary N) is 1. The third-order valence-electron chi connectivity index (χ3n) is 5.14. The SMILES string of the molecule is Cc1cc(C)cc(OCCNC(=O)C2CCN(S(=O)(=O)c3ccc(F)cc3)CC2)c1. The number of nitrogens with zero attached hydrogens (tertiary/aromatic N) is 1. The molecule has 2 aromatic carbocycles. The minimum atomic E-state index is -3.67. The van der Waals surface area contributed by atoms with Gasteiger partial charge in [0.2, 0.25) is 15.9 Å². The Kier molecular flexibility index (Phi) is 7.10. The summed E-state index contributed by atoms with van der Waals surface area (Å²) in [6.07, 6.45) is 0.897. The van der Waals surface area contributed by atoms with Crippen LogP contribution in [0.5, 0.6) is 5.75 Å². The predicted octanol–water partition coefficient (Wildman–Crippen LogP) is 3.04. The zero-order valence-corrected chi connectivity index (χ0v) is 18.0. The van der Waals surface area contributed by atoms with E-state index in [1.165, 1.54) is 16.4 Å². The van der Waals surface area contributed by atoms with E-state index in [1.807, 2.05) is 26.0 Å². The van der Waals surface area contributed by atoms with Crippen molar-refractivity contribution in [2.75, 3.05) is 26.2 Å². The molecule has 2 aromatic rings. The molecule has 0 aliphatic carbocycles. The van der Waals surface area contributed by atoms with Crippen molar-refractivity contribution in [1.29, 1.82) is 0 Å². The van der Waals surface area contributed by atoms with Gasteiger partial charge >= 0.3 is 0 Å². The summed E-state index contributed by atoms with van der Waals surface area (Å²) in [5.41, 5.74) is 2.24. The van der Waals surface area contributed by atoms with Crippen LogP contribution in [-0.2, 0) is 14.8 Å². The summed E-state index contributed by atoms with van der Waals surface area (Å²) in [4.78, 5) is 12.5. The van der Waals surface area contributed by atoms with Gasteiger partial charge in [-0.15, -0.1) is 0 Å². The Bertz CT molecular complexity index is 964. The minimum Gasteiger partial charge on any atom is -0.492 e. The molecule has 1 heterocycles. The highest BCUT2D eigenvalue weighted by atomic mass is 32.2. The van der Waals surface area contributed by atoms with Crippen LogP contribution in [0.25, 0.3) is 0 Å². The molecular weight excluding hydrogens is 407 g/mol. The van der Waals surface area contributed by atoms with Gasteiger partial charge in [0.25, 0.3) is 0 Å². The third kappa shape index (κ3) is 5.58. The third-order valence-corrected chi connectivity index (χ3v) is 7.05. The van der Waals surface area contributed by atoms with Crippen LogP contribution in [0.1, 0.15) is 24.0 Å². The number of halogens is 1. The van der Waals surface area contributed by atoms with Gasteiger partial charge in [-0.3, -0.25) is 4.79 Å². The van der Waals surface area contributed by atoms with Crippen LogP contribution in [0.15, 0.2) is 47.4 Å². The van der Waals surface area contributed by atoms with E-state index in [-0.39, 0.29) is 29.8 Å². The fraction of sp³-hybridized carbons (Fsp3) is 0.409. The highest BCUT2D eigenvalue weighted by molar-refractivity contribution is 7.89. The topological polar surface area (TPSA) is 75.7 Å². The second kappa shape index (κ2) is 9.57. The zero-order chi connectivity index (χ0) is 21.7. The lowest BCUT2D eigenvalue weighted by Gasteiger charge is -2.30. The first kappa shape index (κ1) is 22.2. The molecule has 0 bridgehead atoms. The predicted molar refractivity (Wildman–Crippen MR) is 112 cm³/mol. The number of amides is 1. The Morgan fingerprint density at radius 3 is 2.30 bits per heavy atom. The Morgan fingerprint density at radius 1 is 1.10 bits per heavy atom. The molecule has 0 saturated carbocycles. The maximum atomic E-state index is 13.1. The van der Waals surface area contributed by atoms with Crippen LogP contribution in [0, 0.1) is 25.6 Å². The average molecular weight is 435 g/mol. The van der Waals surface area contributed by atoms with Crippen molar-refractivity contribution in [1.82, 2.24) is 9.62 Å². The van der Waals surface area contributed by atoms with Crippen molar-refractivity contribution in [3.63, 3.8) is 0 Å². The van der Waals surface area contributed by atoms with Gasteiger partial charge in [0.1, 0.15) is 18.2 Å². The lowest BCUT2D eigenvalue weighted by molar-refractivity contribution is -0.126. The van der Waals surface area contributed by atoms with Gasteiger partial charge < -0.3 is 10.1 Å². The van der Waals surface area contributed by atoms with E-state index in [0.717, 1.165) is 29.0 Å².